The molecule has 3 rings (SSSR count). The van der Waals surface area contributed by atoms with Gasteiger partial charge in [0.1, 0.15) is 0 Å². The standard InChI is InChI=1S/C20H25N5O2.HI/c1-21-20(22-15-16-6-5-9-19(14-16)25(26)27)23-17-10-12-24(13-11-17)18-7-3-2-4-8-18;/h2-9,14,17H,10-13,15H2,1H3,(H2,21,22,23);1H. The van der Waals surface area contributed by atoms with Gasteiger partial charge in [0.05, 0.1) is 4.92 Å². The summed E-state index contributed by atoms with van der Waals surface area (Å²) >= 11 is 0. The molecule has 0 radical (unpaired) electrons. The molecule has 0 amide bonds. The number of nitro groups is 1. The molecule has 0 unspecified atom stereocenters. The Bertz CT molecular complexity index is 792. The van der Waals surface area contributed by atoms with E-state index < -0.39 is 0 Å². The van der Waals surface area contributed by atoms with E-state index in [0.717, 1.165) is 37.5 Å². The van der Waals surface area contributed by atoms with Crippen molar-refractivity contribution in [3.63, 3.8) is 0 Å². The first-order chi connectivity index (χ1) is 13.2. The maximum Gasteiger partial charge on any atom is 0.269 e. The van der Waals surface area contributed by atoms with Crippen LogP contribution in [0.4, 0.5) is 11.4 Å². The molecule has 0 aromatic heterocycles. The maximum absolute atomic E-state index is 10.9. The number of hydrogen-bond acceptors (Lipinski definition) is 4. The molecule has 7 nitrogen and oxygen atoms in total. The van der Waals surface area contributed by atoms with E-state index in [9.17, 15) is 10.1 Å². The van der Waals surface area contributed by atoms with Crippen LogP contribution in [0, 0.1) is 10.1 Å². The van der Waals surface area contributed by atoms with Gasteiger partial charge >= 0.3 is 0 Å². The highest BCUT2D eigenvalue weighted by Gasteiger charge is 2.20. The fourth-order valence-electron chi connectivity index (χ4n) is 3.27. The molecule has 2 N–H and O–H groups in total. The van der Waals surface area contributed by atoms with Crippen LogP contribution in [0.15, 0.2) is 59.6 Å². The number of non-ortho nitro benzene ring substituents is 1. The first kappa shape index (κ1) is 21.9. The first-order valence-corrected chi connectivity index (χ1v) is 9.16. The van der Waals surface area contributed by atoms with Gasteiger partial charge in [0.2, 0.25) is 0 Å². The van der Waals surface area contributed by atoms with Gasteiger partial charge in [-0.15, -0.1) is 24.0 Å². The highest BCUT2D eigenvalue weighted by Crippen LogP contribution is 2.19. The zero-order valence-electron chi connectivity index (χ0n) is 15.9. The van der Waals surface area contributed by atoms with Crippen LogP contribution < -0.4 is 15.5 Å². The van der Waals surface area contributed by atoms with Crippen molar-refractivity contribution in [2.24, 2.45) is 4.99 Å². The fourth-order valence-corrected chi connectivity index (χ4v) is 3.27. The molecule has 28 heavy (non-hydrogen) atoms. The Balaban J connectivity index is 0.00000280. The van der Waals surface area contributed by atoms with Gasteiger partial charge in [0.15, 0.2) is 5.96 Å². The van der Waals surface area contributed by atoms with Gasteiger partial charge in [-0.1, -0.05) is 30.3 Å². The monoisotopic (exact) mass is 495 g/mol. The SMILES string of the molecule is CN=C(NCc1cccc([N+](=O)[O-])c1)NC1CCN(c2ccccc2)CC1.I. The number of aliphatic imine (C=N–C) groups is 1. The average Bonchev–Trinajstić information content (AvgIpc) is 2.72. The third-order valence-corrected chi connectivity index (χ3v) is 4.76. The maximum atomic E-state index is 10.9. The number of nitrogens with zero attached hydrogens (tertiary/aromatic N) is 3. The third kappa shape index (κ3) is 6.08. The summed E-state index contributed by atoms with van der Waals surface area (Å²) in [6, 6.07) is 17.5. The summed E-state index contributed by atoms with van der Waals surface area (Å²) in [7, 11) is 1.74. The summed E-state index contributed by atoms with van der Waals surface area (Å²) in [5.41, 5.74) is 2.22. The first-order valence-electron chi connectivity index (χ1n) is 9.16. The van der Waals surface area contributed by atoms with Crippen LogP contribution in [0.5, 0.6) is 0 Å². The molecule has 1 fully saturated rings. The molecular weight excluding hydrogens is 469 g/mol. The van der Waals surface area contributed by atoms with Crippen molar-refractivity contribution in [3.8, 4) is 0 Å². The molecule has 0 bridgehead atoms. The summed E-state index contributed by atoms with van der Waals surface area (Å²) in [5.74, 6) is 0.722. The summed E-state index contributed by atoms with van der Waals surface area (Å²) in [4.78, 5) is 17.2. The molecule has 2 aromatic carbocycles. The number of hydrogen-bond donors (Lipinski definition) is 2. The van der Waals surface area contributed by atoms with Crippen molar-refractivity contribution < 1.29 is 4.92 Å². The average molecular weight is 495 g/mol. The number of rotatable bonds is 5. The second-order valence-corrected chi connectivity index (χ2v) is 6.59. The number of piperidine rings is 1. The second kappa shape index (κ2) is 10.8. The van der Waals surface area contributed by atoms with Crippen LogP contribution in [-0.4, -0.2) is 37.1 Å². The normalized spacial score (nSPS) is 14.9. The van der Waals surface area contributed by atoms with Crippen LogP contribution >= 0.6 is 24.0 Å². The Kier molecular flexibility index (Phi) is 8.49. The molecule has 0 saturated carbocycles. The van der Waals surface area contributed by atoms with E-state index in [1.165, 1.54) is 11.8 Å². The van der Waals surface area contributed by atoms with Gasteiger partial charge < -0.3 is 15.5 Å². The number of nitro benzene ring substituents is 1. The lowest BCUT2D eigenvalue weighted by atomic mass is 10.0. The van der Waals surface area contributed by atoms with Gasteiger partial charge in [-0.05, 0) is 30.5 Å². The molecule has 1 aliphatic rings. The van der Waals surface area contributed by atoms with Crippen molar-refractivity contribution in [1.82, 2.24) is 10.6 Å². The summed E-state index contributed by atoms with van der Waals surface area (Å²) in [6.45, 7) is 2.50. The van der Waals surface area contributed by atoms with E-state index in [2.05, 4.69) is 44.8 Å². The lowest BCUT2D eigenvalue weighted by Gasteiger charge is -2.34. The Morgan fingerprint density at radius 3 is 2.54 bits per heavy atom. The predicted molar refractivity (Wildman–Crippen MR) is 124 cm³/mol. The number of nitrogens with one attached hydrogen (secondary N) is 2. The van der Waals surface area contributed by atoms with E-state index in [-0.39, 0.29) is 34.6 Å². The molecule has 1 aliphatic heterocycles. The number of para-hydroxylation sites is 1. The number of halogens is 1. The minimum Gasteiger partial charge on any atom is -0.371 e. The van der Waals surface area contributed by atoms with Crippen molar-refractivity contribution in [2.75, 3.05) is 25.0 Å². The number of guanidine groups is 1. The van der Waals surface area contributed by atoms with E-state index in [1.54, 1.807) is 19.2 Å². The molecule has 0 atom stereocenters. The van der Waals surface area contributed by atoms with E-state index in [4.69, 9.17) is 0 Å². The predicted octanol–water partition coefficient (Wildman–Crippen LogP) is 3.55. The van der Waals surface area contributed by atoms with Gasteiger partial charge in [-0.3, -0.25) is 15.1 Å². The Labute approximate surface area is 182 Å². The molecule has 1 heterocycles. The minimum atomic E-state index is -0.378. The van der Waals surface area contributed by atoms with Crippen molar-refractivity contribution in [2.45, 2.75) is 25.4 Å². The highest BCUT2D eigenvalue weighted by molar-refractivity contribution is 14.0. The van der Waals surface area contributed by atoms with Crippen LogP contribution in [-0.2, 0) is 6.54 Å². The Morgan fingerprint density at radius 2 is 1.89 bits per heavy atom. The molecule has 0 spiro atoms. The molecule has 8 heteroatoms. The van der Waals surface area contributed by atoms with E-state index in [1.807, 2.05) is 12.1 Å². The van der Waals surface area contributed by atoms with Crippen molar-refractivity contribution in [3.05, 3.63) is 70.3 Å². The summed E-state index contributed by atoms with van der Waals surface area (Å²) < 4.78 is 0. The van der Waals surface area contributed by atoms with Crippen molar-refractivity contribution >= 4 is 41.3 Å². The zero-order chi connectivity index (χ0) is 19.1. The summed E-state index contributed by atoms with van der Waals surface area (Å²) in [5, 5.41) is 17.6. The molecule has 2 aromatic rings. The minimum absolute atomic E-state index is 0. The highest BCUT2D eigenvalue weighted by atomic mass is 127. The largest absolute Gasteiger partial charge is 0.371 e. The van der Waals surface area contributed by atoms with E-state index in [0.29, 0.717) is 12.6 Å². The summed E-state index contributed by atoms with van der Waals surface area (Å²) in [6.07, 6.45) is 2.07. The second-order valence-electron chi connectivity index (χ2n) is 6.59. The lowest BCUT2D eigenvalue weighted by molar-refractivity contribution is -0.384. The van der Waals surface area contributed by atoms with Crippen LogP contribution in [0.1, 0.15) is 18.4 Å². The third-order valence-electron chi connectivity index (χ3n) is 4.76. The number of anilines is 1. The van der Waals surface area contributed by atoms with Gasteiger partial charge in [0, 0.05) is 50.5 Å². The fraction of sp³-hybridized carbons (Fsp3) is 0.350. The van der Waals surface area contributed by atoms with Crippen LogP contribution in [0.25, 0.3) is 0 Å². The number of benzene rings is 2. The Hall–Kier alpha value is -2.36. The van der Waals surface area contributed by atoms with Crippen LogP contribution in [0.2, 0.25) is 0 Å². The molecule has 0 aliphatic carbocycles. The molecule has 1 saturated heterocycles. The van der Waals surface area contributed by atoms with E-state index >= 15 is 0 Å². The quantitative estimate of drug-likeness (QED) is 0.218. The Morgan fingerprint density at radius 1 is 1.18 bits per heavy atom. The van der Waals surface area contributed by atoms with Crippen LogP contribution in [0.3, 0.4) is 0 Å². The molecular formula is C20H26IN5O2. The van der Waals surface area contributed by atoms with Gasteiger partial charge in [-0.2, -0.15) is 0 Å². The van der Waals surface area contributed by atoms with Crippen molar-refractivity contribution in [1.29, 1.82) is 0 Å². The topological polar surface area (TPSA) is 82.8 Å². The smallest absolute Gasteiger partial charge is 0.269 e. The zero-order valence-corrected chi connectivity index (χ0v) is 18.2. The van der Waals surface area contributed by atoms with Gasteiger partial charge in [-0.25, -0.2) is 0 Å². The molecule has 150 valence electrons. The van der Waals surface area contributed by atoms with Gasteiger partial charge in [0.25, 0.3) is 5.69 Å². The lowest BCUT2D eigenvalue weighted by Crippen LogP contribution is -2.48.